The SMILES string of the molecule is O=C(Oc1ccccc1)n1ncc2ccccc2c1=O. The Morgan fingerprint density at radius 3 is 2.50 bits per heavy atom. The number of nitrogens with zero attached hydrogens (tertiary/aromatic N) is 2. The maximum absolute atomic E-state index is 12.2. The highest BCUT2D eigenvalue weighted by molar-refractivity contribution is 5.83. The average molecular weight is 266 g/mol. The van der Waals surface area contributed by atoms with Gasteiger partial charge in [0.2, 0.25) is 0 Å². The van der Waals surface area contributed by atoms with Crippen molar-refractivity contribution < 1.29 is 9.53 Å². The molecule has 0 amide bonds. The van der Waals surface area contributed by atoms with Crippen molar-refractivity contribution in [1.29, 1.82) is 0 Å². The standard InChI is InChI=1S/C15H10N2O3/c18-14-13-9-5-4-6-11(13)10-16-17(14)15(19)20-12-7-2-1-3-8-12/h1-10H. The van der Waals surface area contributed by atoms with Crippen molar-refractivity contribution >= 4 is 16.9 Å². The number of para-hydroxylation sites is 1. The Kier molecular flexibility index (Phi) is 3.01. The number of carbonyl (C=O) groups excluding carboxylic acids is 1. The Bertz CT molecular complexity index is 825. The first-order valence-corrected chi connectivity index (χ1v) is 6.00. The van der Waals surface area contributed by atoms with Crippen molar-refractivity contribution in [2.75, 3.05) is 0 Å². The van der Waals surface area contributed by atoms with Crippen molar-refractivity contribution in [2.24, 2.45) is 0 Å². The second kappa shape index (κ2) is 4.97. The zero-order valence-corrected chi connectivity index (χ0v) is 10.4. The van der Waals surface area contributed by atoms with Gasteiger partial charge in [-0.2, -0.15) is 5.10 Å². The normalized spacial score (nSPS) is 10.4. The molecule has 0 unspecified atom stereocenters. The minimum Gasteiger partial charge on any atom is -0.409 e. The van der Waals surface area contributed by atoms with E-state index >= 15 is 0 Å². The second-order valence-electron chi connectivity index (χ2n) is 4.13. The molecule has 0 saturated carbocycles. The number of aromatic nitrogens is 2. The molecule has 0 atom stereocenters. The molecule has 2 aromatic carbocycles. The van der Waals surface area contributed by atoms with E-state index in [1.54, 1.807) is 54.6 Å². The van der Waals surface area contributed by atoms with Crippen LogP contribution in [0.4, 0.5) is 4.79 Å². The third kappa shape index (κ3) is 2.16. The molecule has 0 fully saturated rings. The molecule has 20 heavy (non-hydrogen) atoms. The second-order valence-corrected chi connectivity index (χ2v) is 4.13. The molecule has 0 bridgehead atoms. The van der Waals surface area contributed by atoms with Crippen LogP contribution in [0.25, 0.3) is 10.8 Å². The van der Waals surface area contributed by atoms with Crippen LogP contribution < -0.4 is 10.3 Å². The zero-order chi connectivity index (χ0) is 13.9. The fraction of sp³-hybridized carbons (Fsp3) is 0. The van der Waals surface area contributed by atoms with E-state index in [0.29, 0.717) is 16.5 Å². The predicted octanol–water partition coefficient (Wildman–Crippen LogP) is 2.44. The minimum atomic E-state index is -0.827. The molecule has 0 spiro atoms. The van der Waals surface area contributed by atoms with Gasteiger partial charge in [0.05, 0.1) is 11.6 Å². The van der Waals surface area contributed by atoms with Gasteiger partial charge in [-0.1, -0.05) is 36.4 Å². The van der Waals surface area contributed by atoms with Crippen molar-refractivity contribution in [3.8, 4) is 5.75 Å². The summed E-state index contributed by atoms with van der Waals surface area (Å²) in [6, 6.07) is 15.5. The number of fused-ring (bicyclic) bond motifs is 1. The summed E-state index contributed by atoms with van der Waals surface area (Å²) in [6.45, 7) is 0. The van der Waals surface area contributed by atoms with E-state index in [2.05, 4.69) is 5.10 Å². The zero-order valence-electron chi connectivity index (χ0n) is 10.4. The van der Waals surface area contributed by atoms with Gasteiger partial charge in [-0.25, -0.2) is 4.79 Å². The van der Waals surface area contributed by atoms with Gasteiger partial charge in [-0.15, -0.1) is 4.68 Å². The first-order valence-electron chi connectivity index (χ1n) is 6.00. The average Bonchev–Trinajstić information content (AvgIpc) is 2.49. The fourth-order valence-electron chi connectivity index (χ4n) is 1.85. The molecule has 0 aliphatic carbocycles. The van der Waals surface area contributed by atoms with Gasteiger partial charge in [0.15, 0.2) is 0 Å². The summed E-state index contributed by atoms with van der Waals surface area (Å²) >= 11 is 0. The highest BCUT2D eigenvalue weighted by atomic mass is 16.6. The summed E-state index contributed by atoms with van der Waals surface area (Å²) in [7, 11) is 0. The van der Waals surface area contributed by atoms with E-state index < -0.39 is 11.7 Å². The number of hydrogen-bond acceptors (Lipinski definition) is 4. The lowest BCUT2D eigenvalue weighted by Gasteiger charge is -2.05. The molecule has 0 N–H and O–H groups in total. The summed E-state index contributed by atoms with van der Waals surface area (Å²) in [4.78, 5) is 24.1. The monoisotopic (exact) mass is 266 g/mol. The first kappa shape index (κ1) is 12.1. The molecule has 0 radical (unpaired) electrons. The van der Waals surface area contributed by atoms with Crippen molar-refractivity contribution in [1.82, 2.24) is 9.78 Å². The van der Waals surface area contributed by atoms with Crippen LogP contribution in [0.2, 0.25) is 0 Å². The Hall–Kier alpha value is -2.95. The Labute approximate surface area is 114 Å². The molecule has 5 heteroatoms. The molecule has 98 valence electrons. The lowest BCUT2D eigenvalue weighted by atomic mass is 10.2. The van der Waals surface area contributed by atoms with E-state index in [0.717, 1.165) is 4.68 Å². The van der Waals surface area contributed by atoms with Gasteiger partial charge in [-0.05, 0) is 18.2 Å². The van der Waals surface area contributed by atoms with Crippen LogP contribution in [-0.4, -0.2) is 15.9 Å². The van der Waals surface area contributed by atoms with Gasteiger partial charge < -0.3 is 4.74 Å². The van der Waals surface area contributed by atoms with Crippen LogP contribution in [-0.2, 0) is 0 Å². The lowest BCUT2D eigenvalue weighted by Crippen LogP contribution is -2.31. The van der Waals surface area contributed by atoms with Crippen LogP contribution in [0.1, 0.15) is 0 Å². The Morgan fingerprint density at radius 1 is 1.00 bits per heavy atom. The predicted molar refractivity (Wildman–Crippen MR) is 73.9 cm³/mol. The molecule has 5 nitrogen and oxygen atoms in total. The summed E-state index contributed by atoms with van der Waals surface area (Å²) in [5.74, 6) is 0.361. The van der Waals surface area contributed by atoms with Gasteiger partial charge in [-0.3, -0.25) is 4.79 Å². The van der Waals surface area contributed by atoms with Crippen LogP contribution in [0.5, 0.6) is 5.75 Å². The lowest BCUT2D eigenvalue weighted by molar-refractivity contribution is 0.197. The van der Waals surface area contributed by atoms with Crippen LogP contribution in [0.3, 0.4) is 0 Å². The third-order valence-electron chi connectivity index (χ3n) is 2.82. The van der Waals surface area contributed by atoms with E-state index in [4.69, 9.17) is 4.74 Å². The third-order valence-corrected chi connectivity index (χ3v) is 2.82. The Balaban J connectivity index is 2.00. The smallest absolute Gasteiger partial charge is 0.409 e. The number of benzene rings is 2. The van der Waals surface area contributed by atoms with Gasteiger partial charge in [0, 0.05) is 5.39 Å². The first-order chi connectivity index (χ1) is 9.75. The molecule has 0 aliphatic rings. The topological polar surface area (TPSA) is 61.2 Å². The molecule has 1 aromatic heterocycles. The van der Waals surface area contributed by atoms with Crippen LogP contribution in [0.15, 0.2) is 65.6 Å². The molecule has 1 heterocycles. The number of hydrogen-bond donors (Lipinski definition) is 0. The van der Waals surface area contributed by atoms with Crippen molar-refractivity contribution in [2.45, 2.75) is 0 Å². The largest absolute Gasteiger partial charge is 0.443 e. The van der Waals surface area contributed by atoms with Crippen molar-refractivity contribution in [3.05, 3.63) is 71.1 Å². The van der Waals surface area contributed by atoms with Crippen LogP contribution in [0, 0.1) is 0 Å². The van der Waals surface area contributed by atoms with Gasteiger partial charge >= 0.3 is 6.09 Å². The summed E-state index contributed by atoms with van der Waals surface area (Å²) in [5, 5.41) is 4.94. The molecule has 3 aromatic rings. The van der Waals surface area contributed by atoms with Crippen molar-refractivity contribution in [3.63, 3.8) is 0 Å². The van der Waals surface area contributed by atoms with E-state index in [-0.39, 0.29) is 0 Å². The minimum absolute atomic E-state index is 0.361. The summed E-state index contributed by atoms with van der Waals surface area (Å²) < 4.78 is 5.81. The van der Waals surface area contributed by atoms with Crippen LogP contribution >= 0.6 is 0 Å². The molecular weight excluding hydrogens is 256 g/mol. The quantitative estimate of drug-likeness (QED) is 0.678. The highest BCUT2D eigenvalue weighted by Crippen LogP contribution is 2.10. The maximum Gasteiger partial charge on any atom is 0.443 e. The van der Waals surface area contributed by atoms with E-state index in [1.165, 1.54) is 6.20 Å². The molecule has 0 aliphatic heterocycles. The van der Waals surface area contributed by atoms with E-state index in [1.807, 2.05) is 0 Å². The number of rotatable bonds is 1. The molecule has 3 rings (SSSR count). The van der Waals surface area contributed by atoms with Gasteiger partial charge in [0.1, 0.15) is 5.75 Å². The highest BCUT2D eigenvalue weighted by Gasteiger charge is 2.13. The Morgan fingerprint density at radius 2 is 1.70 bits per heavy atom. The summed E-state index contributed by atoms with van der Waals surface area (Å²) in [5.41, 5.74) is -0.496. The van der Waals surface area contributed by atoms with Gasteiger partial charge in [0.25, 0.3) is 5.56 Å². The number of carbonyl (C=O) groups is 1. The fourth-order valence-corrected chi connectivity index (χ4v) is 1.85. The molecular formula is C15H10N2O3. The number of ether oxygens (including phenoxy) is 1. The van der Waals surface area contributed by atoms with E-state index in [9.17, 15) is 9.59 Å². The maximum atomic E-state index is 12.2. The molecule has 0 saturated heterocycles. The summed E-state index contributed by atoms with van der Waals surface area (Å²) in [6.07, 6.45) is 0.634.